The number of nitrogens with one attached hydrogen (secondary N) is 2. The Morgan fingerprint density at radius 1 is 1.28 bits per heavy atom. The molecular formula is C21H32IN5O2. The van der Waals surface area contributed by atoms with Gasteiger partial charge in [0.15, 0.2) is 17.5 Å². The van der Waals surface area contributed by atoms with Crippen LogP contribution in [0.2, 0.25) is 0 Å². The largest absolute Gasteiger partial charge is 0.454 e. The molecule has 0 saturated carbocycles. The highest BCUT2D eigenvalue weighted by atomic mass is 127. The molecule has 0 bridgehead atoms. The molecule has 1 aliphatic heterocycles. The first-order valence-corrected chi connectivity index (χ1v) is 9.90. The van der Waals surface area contributed by atoms with E-state index < -0.39 is 0 Å². The van der Waals surface area contributed by atoms with E-state index in [-0.39, 0.29) is 30.0 Å². The van der Waals surface area contributed by atoms with Crippen LogP contribution < -0.4 is 20.1 Å². The molecule has 0 fully saturated rings. The second kappa shape index (κ2) is 10.7. The van der Waals surface area contributed by atoms with Crippen LogP contribution in [0.1, 0.15) is 36.4 Å². The average Bonchev–Trinajstić information content (AvgIpc) is 3.21. The van der Waals surface area contributed by atoms with Crippen molar-refractivity contribution in [2.45, 2.75) is 46.6 Å². The standard InChI is InChI=1S/C21H31N5O2.HI/c1-6-22-21(24-14(2)11-18-15(3)25-26(5)16(18)4)23-10-9-17-7-8-19-20(12-17)28-13-27-19;/h7-8,12,14H,6,9-11,13H2,1-5H3,(H2,22,23,24);1H. The molecule has 3 rings (SSSR count). The van der Waals surface area contributed by atoms with Gasteiger partial charge in [0.2, 0.25) is 6.79 Å². The normalized spacial score (nSPS) is 13.8. The molecule has 0 aliphatic carbocycles. The third-order valence-electron chi connectivity index (χ3n) is 5.00. The Labute approximate surface area is 190 Å². The second-order valence-electron chi connectivity index (χ2n) is 7.22. The minimum atomic E-state index is 0. The topological polar surface area (TPSA) is 72.7 Å². The van der Waals surface area contributed by atoms with Gasteiger partial charge in [0.25, 0.3) is 0 Å². The number of rotatable bonds is 7. The summed E-state index contributed by atoms with van der Waals surface area (Å²) in [5, 5.41) is 11.4. The maximum atomic E-state index is 5.45. The first-order valence-electron chi connectivity index (χ1n) is 9.90. The number of nitrogens with zero attached hydrogens (tertiary/aromatic N) is 3. The molecule has 0 spiro atoms. The lowest BCUT2D eigenvalue weighted by atomic mass is 10.1. The minimum absolute atomic E-state index is 0. The van der Waals surface area contributed by atoms with Crippen LogP contribution in [-0.4, -0.2) is 41.7 Å². The summed E-state index contributed by atoms with van der Waals surface area (Å²) in [7, 11) is 1.99. The van der Waals surface area contributed by atoms with Gasteiger partial charge in [-0.3, -0.25) is 9.67 Å². The van der Waals surface area contributed by atoms with Crippen molar-refractivity contribution in [3.8, 4) is 11.5 Å². The zero-order valence-corrected chi connectivity index (χ0v) is 20.2. The van der Waals surface area contributed by atoms with E-state index in [9.17, 15) is 0 Å². The van der Waals surface area contributed by atoms with Gasteiger partial charge in [0.1, 0.15) is 0 Å². The molecule has 1 aliphatic rings. The van der Waals surface area contributed by atoms with Crippen LogP contribution in [0.3, 0.4) is 0 Å². The predicted octanol–water partition coefficient (Wildman–Crippen LogP) is 3.11. The van der Waals surface area contributed by atoms with E-state index in [1.807, 2.05) is 23.9 Å². The summed E-state index contributed by atoms with van der Waals surface area (Å²) in [5.41, 5.74) is 4.81. The van der Waals surface area contributed by atoms with Crippen LogP contribution in [-0.2, 0) is 19.9 Å². The van der Waals surface area contributed by atoms with Crippen molar-refractivity contribution in [3.63, 3.8) is 0 Å². The first kappa shape index (κ1) is 23.3. The molecule has 0 saturated heterocycles. The fourth-order valence-corrected chi connectivity index (χ4v) is 3.42. The molecular weight excluding hydrogens is 481 g/mol. The lowest BCUT2D eigenvalue weighted by Crippen LogP contribution is -2.43. The predicted molar refractivity (Wildman–Crippen MR) is 127 cm³/mol. The Bertz CT molecular complexity index is 850. The number of aromatic nitrogens is 2. The van der Waals surface area contributed by atoms with Gasteiger partial charge in [0, 0.05) is 31.9 Å². The van der Waals surface area contributed by atoms with Crippen molar-refractivity contribution in [1.82, 2.24) is 20.4 Å². The van der Waals surface area contributed by atoms with E-state index in [1.165, 1.54) is 16.8 Å². The minimum Gasteiger partial charge on any atom is -0.454 e. The third kappa shape index (κ3) is 6.01. The Kier molecular flexibility index (Phi) is 8.60. The number of guanidine groups is 1. The van der Waals surface area contributed by atoms with E-state index in [2.05, 4.69) is 49.5 Å². The smallest absolute Gasteiger partial charge is 0.231 e. The highest BCUT2D eigenvalue weighted by molar-refractivity contribution is 14.0. The van der Waals surface area contributed by atoms with E-state index in [1.54, 1.807) is 0 Å². The van der Waals surface area contributed by atoms with Crippen molar-refractivity contribution in [3.05, 3.63) is 40.7 Å². The molecule has 1 unspecified atom stereocenters. The van der Waals surface area contributed by atoms with Gasteiger partial charge < -0.3 is 20.1 Å². The maximum Gasteiger partial charge on any atom is 0.231 e. The number of aryl methyl sites for hydroxylation is 2. The lowest BCUT2D eigenvalue weighted by Gasteiger charge is -2.18. The molecule has 0 amide bonds. The van der Waals surface area contributed by atoms with Crippen LogP contribution >= 0.6 is 24.0 Å². The molecule has 1 aromatic heterocycles. The number of aliphatic imine (C=N–C) groups is 1. The van der Waals surface area contributed by atoms with Crippen LogP contribution in [0.15, 0.2) is 23.2 Å². The number of hydrogen-bond donors (Lipinski definition) is 2. The van der Waals surface area contributed by atoms with Gasteiger partial charge in [-0.1, -0.05) is 6.07 Å². The van der Waals surface area contributed by atoms with Gasteiger partial charge in [-0.25, -0.2) is 0 Å². The summed E-state index contributed by atoms with van der Waals surface area (Å²) >= 11 is 0. The molecule has 29 heavy (non-hydrogen) atoms. The van der Waals surface area contributed by atoms with Crippen molar-refractivity contribution < 1.29 is 9.47 Å². The molecule has 2 heterocycles. The van der Waals surface area contributed by atoms with Crippen LogP contribution in [0.5, 0.6) is 11.5 Å². The van der Waals surface area contributed by atoms with Gasteiger partial charge in [-0.05, 0) is 63.8 Å². The molecule has 160 valence electrons. The summed E-state index contributed by atoms with van der Waals surface area (Å²) < 4.78 is 12.8. The van der Waals surface area contributed by atoms with Gasteiger partial charge in [-0.15, -0.1) is 24.0 Å². The van der Waals surface area contributed by atoms with Crippen LogP contribution in [0, 0.1) is 13.8 Å². The summed E-state index contributed by atoms with van der Waals surface area (Å²) in [6.07, 6.45) is 1.76. The van der Waals surface area contributed by atoms with E-state index in [0.717, 1.165) is 42.5 Å². The van der Waals surface area contributed by atoms with Crippen LogP contribution in [0.4, 0.5) is 0 Å². The number of benzene rings is 1. The van der Waals surface area contributed by atoms with Gasteiger partial charge in [-0.2, -0.15) is 5.10 Å². The van der Waals surface area contributed by atoms with E-state index in [0.29, 0.717) is 13.3 Å². The number of ether oxygens (including phenoxy) is 2. The molecule has 2 aromatic rings. The number of halogens is 1. The van der Waals surface area contributed by atoms with Crippen molar-refractivity contribution in [2.75, 3.05) is 19.9 Å². The Morgan fingerprint density at radius 3 is 2.72 bits per heavy atom. The molecule has 7 nitrogen and oxygen atoms in total. The zero-order valence-electron chi connectivity index (χ0n) is 17.9. The maximum absolute atomic E-state index is 5.45. The highest BCUT2D eigenvalue weighted by Crippen LogP contribution is 2.32. The number of hydrogen-bond acceptors (Lipinski definition) is 4. The summed E-state index contributed by atoms with van der Waals surface area (Å²) in [5.74, 6) is 2.48. The van der Waals surface area contributed by atoms with Gasteiger partial charge >= 0.3 is 0 Å². The van der Waals surface area contributed by atoms with Gasteiger partial charge in [0.05, 0.1) is 5.69 Å². The molecule has 8 heteroatoms. The monoisotopic (exact) mass is 513 g/mol. The van der Waals surface area contributed by atoms with Crippen LogP contribution in [0.25, 0.3) is 0 Å². The van der Waals surface area contributed by atoms with E-state index >= 15 is 0 Å². The SMILES string of the molecule is CCNC(=NCCc1ccc2c(c1)OCO2)NC(C)Cc1c(C)nn(C)c1C.I. The van der Waals surface area contributed by atoms with Crippen molar-refractivity contribution in [1.29, 1.82) is 0 Å². The summed E-state index contributed by atoms with van der Waals surface area (Å²) in [6, 6.07) is 6.32. The quantitative estimate of drug-likeness (QED) is 0.338. The molecule has 1 aromatic carbocycles. The Hall–Kier alpha value is -1.97. The first-order chi connectivity index (χ1) is 13.5. The summed E-state index contributed by atoms with van der Waals surface area (Å²) in [4.78, 5) is 4.74. The molecule has 2 N–H and O–H groups in total. The average molecular weight is 513 g/mol. The van der Waals surface area contributed by atoms with E-state index in [4.69, 9.17) is 14.5 Å². The third-order valence-corrected chi connectivity index (χ3v) is 5.00. The van der Waals surface area contributed by atoms with Crippen molar-refractivity contribution >= 4 is 29.9 Å². The summed E-state index contributed by atoms with van der Waals surface area (Å²) in [6.45, 7) is 10.3. The molecule has 1 atom stereocenters. The lowest BCUT2D eigenvalue weighted by molar-refractivity contribution is 0.174. The highest BCUT2D eigenvalue weighted by Gasteiger charge is 2.15. The Morgan fingerprint density at radius 2 is 2.03 bits per heavy atom. The zero-order chi connectivity index (χ0) is 20.1. The second-order valence-corrected chi connectivity index (χ2v) is 7.22. The Balaban J connectivity index is 0.00000300. The fraction of sp³-hybridized carbons (Fsp3) is 0.524. The number of fused-ring (bicyclic) bond motifs is 1. The molecule has 0 radical (unpaired) electrons. The fourth-order valence-electron chi connectivity index (χ4n) is 3.42. The van der Waals surface area contributed by atoms with Crippen molar-refractivity contribution in [2.24, 2.45) is 12.0 Å².